The minimum absolute atomic E-state index is 0.228. The summed E-state index contributed by atoms with van der Waals surface area (Å²) in [5.74, 6) is -0.228. The molecule has 0 bridgehead atoms. The van der Waals surface area contributed by atoms with Gasteiger partial charge in [0.15, 0.2) is 11.3 Å². The van der Waals surface area contributed by atoms with E-state index in [0.717, 1.165) is 24.2 Å². The first kappa shape index (κ1) is 13.0. The van der Waals surface area contributed by atoms with Gasteiger partial charge < -0.3 is 9.72 Å². The smallest absolute Gasteiger partial charge is 0.278 e. The zero-order valence-electron chi connectivity index (χ0n) is 12.3. The number of nitrogens with one attached hydrogen (secondary N) is 1. The second-order valence-corrected chi connectivity index (χ2v) is 5.68. The number of hydrogen-bond acceptors (Lipinski definition) is 3. The second kappa shape index (κ2) is 4.94. The third-order valence-electron chi connectivity index (χ3n) is 4.07. The van der Waals surface area contributed by atoms with Crippen LogP contribution in [0.1, 0.15) is 33.7 Å². The highest BCUT2D eigenvalue weighted by Crippen LogP contribution is 2.25. The first-order chi connectivity index (χ1) is 10.7. The molecule has 0 saturated heterocycles. The molecule has 2 heterocycles. The largest absolute Gasteiger partial charge is 0.321 e. The molecule has 0 unspecified atom stereocenters. The molecule has 0 fully saturated rings. The molecule has 4 rings (SSSR count). The van der Waals surface area contributed by atoms with Crippen molar-refractivity contribution in [1.82, 2.24) is 14.4 Å². The molecule has 0 radical (unpaired) electrons. The molecule has 0 spiro atoms. The van der Waals surface area contributed by atoms with E-state index in [9.17, 15) is 4.79 Å². The highest BCUT2D eigenvalue weighted by atomic mass is 16.1. The number of carbonyl (C=O) groups excluding carboxylic acids is 1. The minimum Gasteiger partial charge on any atom is -0.321 e. The van der Waals surface area contributed by atoms with E-state index >= 15 is 0 Å². The maximum absolute atomic E-state index is 12.5. The van der Waals surface area contributed by atoms with Crippen LogP contribution in [0.15, 0.2) is 36.8 Å². The number of imidazole rings is 1. The quantitative estimate of drug-likeness (QED) is 0.790. The fourth-order valence-corrected chi connectivity index (χ4v) is 3.04. The van der Waals surface area contributed by atoms with Crippen molar-refractivity contribution in [2.75, 3.05) is 5.32 Å². The van der Waals surface area contributed by atoms with Gasteiger partial charge in [-0.15, -0.1) is 0 Å². The molecule has 22 heavy (non-hydrogen) atoms. The van der Waals surface area contributed by atoms with Crippen LogP contribution in [0, 0.1) is 6.92 Å². The van der Waals surface area contributed by atoms with E-state index in [2.05, 4.69) is 27.4 Å². The molecule has 5 heteroatoms. The van der Waals surface area contributed by atoms with E-state index < -0.39 is 0 Å². The lowest BCUT2D eigenvalue weighted by Gasteiger charge is -2.07. The van der Waals surface area contributed by atoms with Crippen molar-refractivity contribution in [2.24, 2.45) is 0 Å². The predicted octanol–water partition coefficient (Wildman–Crippen LogP) is 2.78. The summed E-state index contributed by atoms with van der Waals surface area (Å²) in [5.41, 5.74) is 5.33. The van der Waals surface area contributed by atoms with E-state index in [1.54, 1.807) is 12.4 Å². The number of anilines is 1. The summed E-state index contributed by atoms with van der Waals surface area (Å²) in [6.07, 6.45) is 8.71. The standard InChI is InChI=1S/C17H16N4O/c1-11-10-21-8-7-18-15(16(21)19-11)17(22)20-14-6-5-12-3-2-4-13(12)9-14/h5-10H,2-4H2,1H3,(H,20,22). The Morgan fingerprint density at radius 2 is 2.14 bits per heavy atom. The maximum atomic E-state index is 12.5. The molecule has 2 aromatic heterocycles. The van der Waals surface area contributed by atoms with Crippen molar-refractivity contribution < 1.29 is 4.79 Å². The minimum atomic E-state index is -0.228. The number of hydrogen-bond donors (Lipinski definition) is 1. The Labute approximate surface area is 128 Å². The third-order valence-corrected chi connectivity index (χ3v) is 4.07. The van der Waals surface area contributed by atoms with Crippen molar-refractivity contribution >= 4 is 17.2 Å². The summed E-state index contributed by atoms with van der Waals surface area (Å²) in [4.78, 5) is 21.1. The first-order valence-electron chi connectivity index (χ1n) is 7.44. The molecular formula is C17H16N4O. The highest BCUT2D eigenvalue weighted by molar-refractivity contribution is 6.06. The van der Waals surface area contributed by atoms with Crippen LogP contribution in [-0.4, -0.2) is 20.3 Å². The highest BCUT2D eigenvalue weighted by Gasteiger charge is 2.16. The summed E-state index contributed by atoms with van der Waals surface area (Å²) in [6, 6.07) is 6.13. The molecule has 1 amide bonds. The molecule has 0 aliphatic heterocycles. The zero-order valence-corrected chi connectivity index (χ0v) is 12.3. The molecule has 0 atom stereocenters. The molecule has 1 aromatic carbocycles. The number of carbonyl (C=O) groups is 1. The van der Waals surface area contributed by atoms with Crippen molar-refractivity contribution in [3.63, 3.8) is 0 Å². The van der Waals surface area contributed by atoms with Gasteiger partial charge in [0.25, 0.3) is 5.91 Å². The fraction of sp³-hybridized carbons (Fsp3) is 0.235. The summed E-state index contributed by atoms with van der Waals surface area (Å²) in [5, 5.41) is 2.93. The van der Waals surface area contributed by atoms with Gasteiger partial charge in [0.2, 0.25) is 0 Å². The van der Waals surface area contributed by atoms with E-state index in [1.165, 1.54) is 17.5 Å². The number of benzene rings is 1. The summed E-state index contributed by atoms with van der Waals surface area (Å²) in [7, 11) is 0. The van der Waals surface area contributed by atoms with Crippen molar-refractivity contribution in [3.05, 3.63) is 59.3 Å². The lowest BCUT2D eigenvalue weighted by Crippen LogP contribution is -2.15. The lowest BCUT2D eigenvalue weighted by atomic mass is 10.1. The maximum Gasteiger partial charge on any atom is 0.278 e. The van der Waals surface area contributed by atoms with Crippen LogP contribution in [0.25, 0.3) is 5.65 Å². The van der Waals surface area contributed by atoms with Gasteiger partial charge in [-0.3, -0.25) is 4.79 Å². The second-order valence-electron chi connectivity index (χ2n) is 5.68. The van der Waals surface area contributed by atoms with Crippen LogP contribution in [0.5, 0.6) is 0 Å². The van der Waals surface area contributed by atoms with Crippen LogP contribution < -0.4 is 5.32 Å². The van der Waals surface area contributed by atoms with Crippen LogP contribution in [0.2, 0.25) is 0 Å². The van der Waals surface area contributed by atoms with Gasteiger partial charge in [-0.25, -0.2) is 9.97 Å². The average Bonchev–Trinajstić information content (AvgIpc) is 3.10. The number of aromatic nitrogens is 3. The van der Waals surface area contributed by atoms with Crippen LogP contribution >= 0.6 is 0 Å². The normalized spacial score (nSPS) is 13.3. The molecular weight excluding hydrogens is 276 g/mol. The fourth-order valence-electron chi connectivity index (χ4n) is 3.04. The van der Waals surface area contributed by atoms with Gasteiger partial charge in [-0.1, -0.05) is 6.07 Å². The number of fused-ring (bicyclic) bond motifs is 2. The van der Waals surface area contributed by atoms with E-state index in [0.29, 0.717) is 11.3 Å². The van der Waals surface area contributed by atoms with E-state index in [-0.39, 0.29) is 5.91 Å². The molecule has 1 N–H and O–H groups in total. The Kier molecular flexibility index (Phi) is 2.92. The molecule has 0 saturated carbocycles. The van der Waals surface area contributed by atoms with Crippen LogP contribution in [0.3, 0.4) is 0 Å². The lowest BCUT2D eigenvalue weighted by molar-refractivity contribution is 0.102. The summed E-state index contributed by atoms with van der Waals surface area (Å²) < 4.78 is 1.82. The van der Waals surface area contributed by atoms with Crippen LogP contribution in [-0.2, 0) is 12.8 Å². The van der Waals surface area contributed by atoms with Crippen molar-refractivity contribution in [3.8, 4) is 0 Å². The van der Waals surface area contributed by atoms with Gasteiger partial charge in [0.1, 0.15) is 0 Å². The Morgan fingerprint density at radius 3 is 3.05 bits per heavy atom. The number of amides is 1. The van der Waals surface area contributed by atoms with Crippen LogP contribution in [0.4, 0.5) is 5.69 Å². The molecule has 5 nitrogen and oxygen atoms in total. The average molecular weight is 292 g/mol. The summed E-state index contributed by atoms with van der Waals surface area (Å²) >= 11 is 0. The van der Waals surface area contributed by atoms with Gasteiger partial charge in [0, 0.05) is 24.3 Å². The monoisotopic (exact) mass is 292 g/mol. The summed E-state index contributed by atoms with van der Waals surface area (Å²) in [6.45, 7) is 1.90. The Bertz CT molecular complexity index is 881. The Hall–Kier alpha value is -2.69. The molecule has 110 valence electrons. The van der Waals surface area contributed by atoms with E-state index in [1.807, 2.05) is 23.6 Å². The number of nitrogens with zero attached hydrogens (tertiary/aromatic N) is 3. The first-order valence-corrected chi connectivity index (χ1v) is 7.44. The molecule has 1 aliphatic rings. The zero-order chi connectivity index (χ0) is 15.1. The van der Waals surface area contributed by atoms with E-state index in [4.69, 9.17) is 0 Å². The predicted molar refractivity (Wildman–Crippen MR) is 84.1 cm³/mol. The van der Waals surface area contributed by atoms with Gasteiger partial charge >= 0.3 is 0 Å². The topological polar surface area (TPSA) is 59.3 Å². The Balaban J connectivity index is 1.66. The number of rotatable bonds is 2. The van der Waals surface area contributed by atoms with Crippen molar-refractivity contribution in [2.45, 2.75) is 26.2 Å². The third kappa shape index (κ3) is 2.15. The SMILES string of the molecule is Cc1cn2ccnc(C(=O)Nc3ccc4c(c3)CCC4)c2n1. The van der Waals surface area contributed by atoms with Gasteiger partial charge in [0.05, 0.1) is 5.69 Å². The number of aryl methyl sites for hydroxylation is 3. The Morgan fingerprint density at radius 1 is 1.27 bits per heavy atom. The molecule has 1 aliphatic carbocycles. The van der Waals surface area contributed by atoms with Crippen molar-refractivity contribution in [1.29, 1.82) is 0 Å². The van der Waals surface area contributed by atoms with Gasteiger partial charge in [-0.2, -0.15) is 0 Å². The van der Waals surface area contributed by atoms with Gasteiger partial charge in [-0.05, 0) is 49.4 Å². The molecule has 3 aromatic rings.